The zero-order chi connectivity index (χ0) is 16.7. The van der Waals surface area contributed by atoms with Crippen LogP contribution in [-0.2, 0) is 11.0 Å². The van der Waals surface area contributed by atoms with E-state index in [1.165, 1.54) is 24.3 Å². The molecule has 2 aromatic rings. The Bertz CT molecular complexity index is 706. The van der Waals surface area contributed by atoms with Crippen LogP contribution in [0.1, 0.15) is 43.5 Å². The summed E-state index contributed by atoms with van der Waals surface area (Å²) in [6.45, 7) is 2.76. The van der Waals surface area contributed by atoms with E-state index >= 15 is 0 Å². The Balaban J connectivity index is 2.42. The van der Waals surface area contributed by atoms with Crippen LogP contribution in [0.3, 0.4) is 0 Å². The van der Waals surface area contributed by atoms with Crippen LogP contribution in [-0.4, -0.2) is 8.96 Å². The molecule has 3 nitrogen and oxygen atoms in total. The molecule has 0 aliphatic heterocycles. The highest BCUT2D eigenvalue weighted by Crippen LogP contribution is 2.25. The van der Waals surface area contributed by atoms with Crippen molar-refractivity contribution in [3.63, 3.8) is 0 Å². The van der Waals surface area contributed by atoms with Gasteiger partial charge in [-0.2, -0.15) is 0 Å². The Kier molecular flexibility index (Phi) is 2.81. The second-order valence-electron chi connectivity index (χ2n) is 5.26. The van der Waals surface area contributed by atoms with Crippen LogP contribution < -0.4 is 4.72 Å². The minimum absolute atomic E-state index is 0.109. The van der Waals surface area contributed by atoms with E-state index in [-0.39, 0.29) is 5.76 Å². The first-order valence-corrected chi connectivity index (χ1v) is 7.00. The lowest BCUT2D eigenvalue weighted by atomic mass is 10.2. The number of benzene rings is 1. The first-order chi connectivity index (χ1) is 9.98. The fourth-order valence-electron chi connectivity index (χ4n) is 1.52. The van der Waals surface area contributed by atoms with Crippen molar-refractivity contribution in [2.75, 3.05) is 0 Å². The molecular formula is C14H18FNO2S. The van der Waals surface area contributed by atoms with Gasteiger partial charge < -0.3 is 4.42 Å². The van der Waals surface area contributed by atoms with Gasteiger partial charge in [0, 0.05) is 9.50 Å². The van der Waals surface area contributed by atoms with E-state index in [0.717, 1.165) is 0 Å². The van der Waals surface area contributed by atoms with Crippen molar-refractivity contribution in [1.29, 1.82) is 0 Å². The van der Waals surface area contributed by atoms with Gasteiger partial charge in [0.1, 0.15) is 17.2 Å². The molecule has 0 fully saturated rings. The highest BCUT2D eigenvalue weighted by atomic mass is 32.2. The fourth-order valence-corrected chi connectivity index (χ4v) is 2.20. The average Bonchev–Trinajstić information content (AvgIpc) is 2.75. The number of furan rings is 1. The number of rotatable bonds is 3. The summed E-state index contributed by atoms with van der Waals surface area (Å²) in [4.78, 5) is 0. The van der Waals surface area contributed by atoms with Gasteiger partial charge in [-0.3, -0.25) is 0 Å². The number of fused-ring (bicyclic) bond motifs is 1. The van der Waals surface area contributed by atoms with Gasteiger partial charge in [0.15, 0.2) is 0 Å². The Morgan fingerprint density at radius 3 is 2.79 bits per heavy atom. The van der Waals surface area contributed by atoms with Crippen molar-refractivity contribution in [2.45, 2.75) is 38.4 Å². The standard InChI is InChI=1S/C14H18FNO2S/c1-9(16-19(17)14(2,3)4)13-8-10-7-11(15)5-6-12(10)18-13/h5-9,16H,1-4H3/t9-,19+/m0/s1/i1D3. The van der Waals surface area contributed by atoms with Crippen LogP contribution in [0, 0.1) is 5.82 Å². The molecule has 0 saturated carbocycles. The largest absolute Gasteiger partial charge is 0.459 e. The molecule has 0 aliphatic carbocycles. The van der Waals surface area contributed by atoms with E-state index in [9.17, 15) is 8.60 Å². The van der Waals surface area contributed by atoms with Crippen LogP contribution in [0.5, 0.6) is 0 Å². The van der Waals surface area contributed by atoms with Crippen molar-refractivity contribution in [1.82, 2.24) is 4.72 Å². The number of hydrogen-bond acceptors (Lipinski definition) is 2. The zero-order valence-electron chi connectivity index (χ0n) is 14.0. The summed E-state index contributed by atoms with van der Waals surface area (Å²) < 4.78 is 55.9. The summed E-state index contributed by atoms with van der Waals surface area (Å²) in [7, 11) is -1.58. The van der Waals surface area contributed by atoms with E-state index in [0.29, 0.717) is 11.0 Å². The van der Waals surface area contributed by atoms with Gasteiger partial charge >= 0.3 is 0 Å². The van der Waals surface area contributed by atoms with Crippen LogP contribution in [0.2, 0.25) is 0 Å². The SMILES string of the molecule is [2H]C([2H])([2H])[C@H](N[S@](=O)C(C)(C)C)c1cc2cc(F)ccc2o1. The minimum Gasteiger partial charge on any atom is -0.459 e. The van der Waals surface area contributed by atoms with E-state index in [2.05, 4.69) is 4.72 Å². The Morgan fingerprint density at radius 2 is 2.16 bits per heavy atom. The number of halogens is 1. The molecule has 0 saturated heterocycles. The third-order valence-corrected chi connectivity index (χ3v) is 4.13. The molecule has 1 aromatic carbocycles. The molecule has 1 heterocycles. The summed E-state index contributed by atoms with van der Waals surface area (Å²) in [6, 6.07) is 4.16. The maximum Gasteiger partial charge on any atom is 0.134 e. The molecule has 5 heteroatoms. The molecule has 0 unspecified atom stereocenters. The molecule has 1 aromatic heterocycles. The molecule has 0 aliphatic rings. The zero-order valence-corrected chi connectivity index (χ0v) is 11.8. The summed E-state index contributed by atoms with van der Waals surface area (Å²) in [5, 5.41) is 0.465. The van der Waals surface area contributed by atoms with Crippen molar-refractivity contribution >= 4 is 22.0 Å². The second kappa shape index (κ2) is 5.06. The van der Waals surface area contributed by atoms with Gasteiger partial charge in [0.2, 0.25) is 0 Å². The molecule has 2 atom stereocenters. The van der Waals surface area contributed by atoms with Crippen LogP contribution >= 0.6 is 0 Å². The topological polar surface area (TPSA) is 42.2 Å². The van der Waals surface area contributed by atoms with Crippen LogP contribution in [0.25, 0.3) is 11.0 Å². The number of hydrogen-bond donors (Lipinski definition) is 1. The Labute approximate surface area is 119 Å². The lowest BCUT2D eigenvalue weighted by Crippen LogP contribution is -2.34. The van der Waals surface area contributed by atoms with Gasteiger partial charge in [-0.25, -0.2) is 13.3 Å². The molecule has 2 rings (SSSR count). The molecule has 19 heavy (non-hydrogen) atoms. The van der Waals surface area contributed by atoms with Crippen LogP contribution in [0.4, 0.5) is 4.39 Å². The first-order valence-electron chi connectivity index (χ1n) is 7.35. The smallest absolute Gasteiger partial charge is 0.134 e. The maximum absolute atomic E-state index is 13.2. The molecule has 0 radical (unpaired) electrons. The molecule has 0 bridgehead atoms. The van der Waals surface area contributed by atoms with E-state index in [1.54, 1.807) is 20.8 Å². The first kappa shape index (κ1) is 10.6. The van der Waals surface area contributed by atoms with Crippen molar-refractivity contribution in [3.8, 4) is 0 Å². The molecule has 1 N–H and O–H groups in total. The molecule has 0 amide bonds. The average molecular weight is 286 g/mol. The summed E-state index contributed by atoms with van der Waals surface area (Å²) in [5.74, 6) is -0.324. The quantitative estimate of drug-likeness (QED) is 0.935. The van der Waals surface area contributed by atoms with Crippen LogP contribution in [0.15, 0.2) is 28.7 Å². The lowest BCUT2D eigenvalue weighted by Gasteiger charge is -2.20. The highest BCUT2D eigenvalue weighted by molar-refractivity contribution is 7.84. The lowest BCUT2D eigenvalue weighted by molar-refractivity contribution is 0.492. The Hall–Kier alpha value is -1.20. The van der Waals surface area contributed by atoms with Crippen molar-refractivity contribution in [3.05, 3.63) is 35.8 Å². The second-order valence-corrected chi connectivity index (χ2v) is 7.26. The third-order valence-electron chi connectivity index (χ3n) is 2.56. The van der Waals surface area contributed by atoms with Gasteiger partial charge in [0.25, 0.3) is 0 Å². The molecular weight excluding hydrogens is 265 g/mol. The maximum atomic E-state index is 13.2. The normalized spacial score (nSPS) is 18.6. The monoisotopic (exact) mass is 286 g/mol. The van der Waals surface area contributed by atoms with Crippen molar-refractivity contribution in [2.24, 2.45) is 0 Å². The van der Waals surface area contributed by atoms with E-state index in [1.807, 2.05) is 0 Å². The third kappa shape index (κ3) is 3.22. The predicted octanol–water partition coefficient (Wildman–Crippen LogP) is 3.68. The summed E-state index contributed by atoms with van der Waals surface area (Å²) in [5.41, 5.74) is 0.383. The summed E-state index contributed by atoms with van der Waals surface area (Å²) >= 11 is 0. The van der Waals surface area contributed by atoms with E-state index < -0.39 is 34.4 Å². The van der Waals surface area contributed by atoms with Gasteiger partial charge in [-0.15, -0.1) is 0 Å². The molecule has 104 valence electrons. The van der Waals surface area contributed by atoms with Gasteiger partial charge in [-0.1, -0.05) is 0 Å². The van der Waals surface area contributed by atoms with Crippen molar-refractivity contribution < 1.29 is 17.1 Å². The minimum atomic E-state index is -2.45. The fraction of sp³-hybridized carbons (Fsp3) is 0.429. The summed E-state index contributed by atoms with van der Waals surface area (Å²) in [6.07, 6.45) is 0. The predicted molar refractivity (Wildman–Crippen MR) is 75.6 cm³/mol. The van der Waals surface area contributed by atoms with Gasteiger partial charge in [-0.05, 0) is 51.9 Å². The van der Waals surface area contributed by atoms with E-state index in [4.69, 9.17) is 8.53 Å². The Morgan fingerprint density at radius 1 is 1.42 bits per heavy atom. The highest BCUT2D eigenvalue weighted by Gasteiger charge is 2.23. The number of nitrogens with one attached hydrogen (secondary N) is 1. The molecule has 0 spiro atoms. The van der Waals surface area contributed by atoms with Gasteiger partial charge in [0.05, 0.1) is 21.8 Å².